The van der Waals surface area contributed by atoms with Crippen LogP contribution < -0.4 is 36.6 Å². The predicted octanol–water partition coefficient (Wildman–Crippen LogP) is 4.51. The van der Waals surface area contributed by atoms with Crippen LogP contribution in [0.25, 0.3) is 0 Å². The number of hydrogen-bond acceptors (Lipinski definition) is 17. The average molecular weight is 972 g/mol. The third kappa shape index (κ3) is 12.7. The first-order valence-corrected chi connectivity index (χ1v) is 25.9. The molecule has 0 saturated carbocycles. The summed E-state index contributed by atoms with van der Waals surface area (Å²) in [5.41, 5.74) is 9.79. The Morgan fingerprint density at radius 3 is 2.27 bits per heavy atom. The molecule has 10 N–H and O–H groups in total. The summed E-state index contributed by atoms with van der Waals surface area (Å²) in [5.74, 6) is 0.959. The highest BCUT2D eigenvalue weighted by molar-refractivity contribution is 5.96. The van der Waals surface area contributed by atoms with Crippen LogP contribution in [-0.4, -0.2) is 154 Å². The first kappa shape index (κ1) is 51.6. The molecule has 0 spiro atoms. The van der Waals surface area contributed by atoms with Gasteiger partial charge < -0.3 is 61.4 Å². The van der Waals surface area contributed by atoms with Gasteiger partial charge in [0.05, 0.1) is 24.5 Å². The number of aromatic nitrogens is 2. The number of hydrogen-bond donors (Lipinski definition) is 9. The first-order chi connectivity index (χ1) is 34.0. The molecule has 384 valence electrons. The van der Waals surface area contributed by atoms with E-state index in [1.54, 1.807) is 25.3 Å². The summed E-state index contributed by atoms with van der Waals surface area (Å²) < 4.78 is 11.4. The molecule has 2 amide bonds. The monoisotopic (exact) mass is 972 g/mol. The fraction of sp³-hybridized carbons (Fsp3) is 0.647. The van der Waals surface area contributed by atoms with Crippen LogP contribution in [0.1, 0.15) is 137 Å². The van der Waals surface area contributed by atoms with Gasteiger partial charge in [-0.1, -0.05) is 51.2 Å². The maximum Gasteiger partial charge on any atom is 0.271 e. The Bertz CT molecular complexity index is 2200. The second kappa shape index (κ2) is 24.6. The highest BCUT2D eigenvalue weighted by atomic mass is 16.5. The smallest absolute Gasteiger partial charge is 0.271 e. The zero-order chi connectivity index (χ0) is 49.1. The van der Waals surface area contributed by atoms with Gasteiger partial charge in [0.1, 0.15) is 30.7 Å². The molecule has 5 aliphatic heterocycles. The Hall–Kier alpha value is -4.70. The minimum atomic E-state index is -1.21. The summed E-state index contributed by atoms with van der Waals surface area (Å²) in [6.45, 7) is 10.8. The number of carbonyl (C=O) groups is 2. The molecule has 70 heavy (non-hydrogen) atoms. The number of amides is 2. The van der Waals surface area contributed by atoms with Crippen LogP contribution >= 0.6 is 0 Å². The highest BCUT2D eigenvalue weighted by Crippen LogP contribution is 2.46. The third-order valence-electron chi connectivity index (χ3n) is 15.0. The molecular weight excluding hydrogens is 895 g/mol. The zero-order valence-corrected chi connectivity index (χ0v) is 41.2. The van der Waals surface area contributed by atoms with Crippen molar-refractivity contribution in [2.75, 3.05) is 87.0 Å². The number of nitrogens with two attached hydrogens (primary N) is 1. The van der Waals surface area contributed by atoms with Crippen LogP contribution in [0.3, 0.4) is 0 Å². The number of piperazine rings is 1. The summed E-state index contributed by atoms with van der Waals surface area (Å²) in [4.78, 5) is 44.1. The Labute approximate surface area is 412 Å². The quantitative estimate of drug-likeness (QED) is 0.0667. The number of aliphatic hydroxyl groups excluding tert-OH is 4. The van der Waals surface area contributed by atoms with E-state index in [1.807, 2.05) is 19.1 Å². The molecule has 1 aromatic heterocycles. The van der Waals surface area contributed by atoms with Gasteiger partial charge in [-0.2, -0.15) is 0 Å². The maximum atomic E-state index is 12.9. The highest BCUT2D eigenvalue weighted by Gasteiger charge is 2.46. The minimum absolute atomic E-state index is 0.107. The molecule has 5 unspecified atom stereocenters. The van der Waals surface area contributed by atoms with Gasteiger partial charge in [-0.3, -0.25) is 19.8 Å². The number of primary amides is 1. The largest absolute Gasteiger partial charge is 0.495 e. The Balaban J connectivity index is 0.698. The number of unbranched alkanes of at least 4 members (excludes halogenated alkanes) is 6. The number of benzene rings is 2. The lowest BCUT2D eigenvalue weighted by atomic mass is 10.0. The Morgan fingerprint density at radius 1 is 0.843 bits per heavy atom. The van der Waals surface area contributed by atoms with Crippen molar-refractivity contribution in [1.82, 2.24) is 30.0 Å². The van der Waals surface area contributed by atoms with Crippen LogP contribution in [0, 0.1) is 0 Å². The number of rotatable bonds is 21. The SMILES string of the molecule is CCc1nc(C(N)=O)c(Nc2ccc(N3CCC(N4CCN(CCCCCCCCCC(=O)Nc5cccc6c5C(O)N(C5CCC(O)NC5O)C6O)CC4)CC3)c(OC)c2)nc1NC1CCOCC1. The van der Waals surface area contributed by atoms with Gasteiger partial charge in [-0.05, 0) is 82.5 Å². The Kier molecular flexibility index (Phi) is 18.2. The third-order valence-corrected chi connectivity index (χ3v) is 15.0. The number of methoxy groups -OCH3 is 1. The molecule has 19 nitrogen and oxygen atoms in total. The maximum absolute atomic E-state index is 12.9. The van der Waals surface area contributed by atoms with Crippen molar-refractivity contribution in [2.45, 2.75) is 146 Å². The van der Waals surface area contributed by atoms with Crippen molar-refractivity contribution in [1.29, 1.82) is 0 Å². The van der Waals surface area contributed by atoms with E-state index in [0.29, 0.717) is 79.1 Å². The average Bonchev–Trinajstić information content (AvgIpc) is 3.62. The normalized spacial score (nSPS) is 24.1. The van der Waals surface area contributed by atoms with Crippen molar-refractivity contribution in [2.24, 2.45) is 5.73 Å². The molecule has 5 aliphatic rings. The van der Waals surface area contributed by atoms with Crippen molar-refractivity contribution in [3.8, 4) is 5.75 Å². The van der Waals surface area contributed by atoms with Gasteiger partial charge in [0, 0.05) is 99.6 Å². The number of fused-ring (bicyclic) bond motifs is 1. The number of piperidine rings is 2. The molecule has 0 aliphatic carbocycles. The summed E-state index contributed by atoms with van der Waals surface area (Å²) in [6, 6.07) is 11.4. The van der Waals surface area contributed by atoms with Crippen LogP contribution in [0.4, 0.5) is 28.7 Å². The number of aliphatic hydroxyl groups is 4. The molecule has 0 bridgehead atoms. The van der Waals surface area contributed by atoms with E-state index in [1.165, 1.54) is 24.2 Å². The lowest BCUT2D eigenvalue weighted by Crippen LogP contribution is -2.57. The first-order valence-electron chi connectivity index (χ1n) is 25.9. The number of ether oxygens (including phenoxy) is 2. The molecule has 6 heterocycles. The number of anilines is 5. The molecule has 3 aromatic rings. The minimum Gasteiger partial charge on any atom is -0.495 e. The number of nitrogens with one attached hydrogen (secondary N) is 4. The summed E-state index contributed by atoms with van der Waals surface area (Å²) in [6.07, 6.45) is 9.02. The van der Waals surface area contributed by atoms with Crippen molar-refractivity contribution < 1.29 is 39.5 Å². The molecule has 2 aromatic carbocycles. The van der Waals surface area contributed by atoms with Crippen LogP contribution in [0.5, 0.6) is 5.75 Å². The second-order valence-electron chi connectivity index (χ2n) is 19.6. The lowest BCUT2D eigenvalue weighted by molar-refractivity contribution is -0.158. The van der Waals surface area contributed by atoms with E-state index >= 15 is 0 Å². The standard InChI is InChI=1S/C51H77N11O8/c1-3-37-47(53-33-21-30-70-31-22-33)58-48(45(56-37)46(52)65)54-34-15-16-39(41(32-34)69-2)61-24-19-35(20-25-61)60-28-26-59(27-29-60)23-10-8-6-4-5-7-9-14-42(63)55-38-13-11-12-36-44(38)51(68)62(50(36)67)40-17-18-43(64)57-49(40)66/h11-13,15-16,32-33,35,40,43,49-51,57,64,66-68H,3-10,14,17-31H2,1-2H3,(H2,52,65)(H,55,63)(H2,53,54,58). The molecular formula is C51H77N11O8. The topological polar surface area (TPSA) is 246 Å². The van der Waals surface area contributed by atoms with Crippen LogP contribution in [0.2, 0.25) is 0 Å². The fourth-order valence-corrected chi connectivity index (χ4v) is 11.0. The molecule has 0 radical (unpaired) electrons. The summed E-state index contributed by atoms with van der Waals surface area (Å²) in [5, 5.41) is 55.1. The summed E-state index contributed by atoms with van der Waals surface area (Å²) in [7, 11) is 1.69. The Morgan fingerprint density at radius 2 is 1.57 bits per heavy atom. The molecule has 4 fully saturated rings. The van der Waals surface area contributed by atoms with E-state index in [4.69, 9.17) is 20.2 Å². The van der Waals surface area contributed by atoms with Crippen LogP contribution in [0.15, 0.2) is 36.4 Å². The molecule has 8 rings (SSSR count). The summed E-state index contributed by atoms with van der Waals surface area (Å²) >= 11 is 0. The fourth-order valence-electron chi connectivity index (χ4n) is 11.0. The number of nitrogens with zero attached hydrogens (tertiary/aromatic N) is 6. The predicted molar refractivity (Wildman–Crippen MR) is 269 cm³/mol. The van der Waals surface area contributed by atoms with E-state index in [2.05, 4.69) is 47.0 Å². The number of carbonyl (C=O) groups excluding carboxylic acids is 2. The van der Waals surface area contributed by atoms with E-state index in [-0.39, 0.29) is 17.6 Å². The van der Waals surface area contributed by atoms with Gasteiger partial charge in [-0.25, -0.2) is 14.9 Å². The van der Waals surface area contributed by atoms with E-state index in [9.17, 15) is 30.0 Å². The van der Waals surface area contributed by atoms with Gasteiger partial charge in [0.25, 0.3) is 5.91 Å². The second-order valence-corrected chi connectivity index (χ2v) is 19.6. The van der Waals surface area contributed by atoms with Gasteiger partial charge in [-0.15, -0.1) is 0 Å². The van der Waals surface area contributed by atoms with Gasteiger partial charge >= 0.3 is 0 Å². The lowest BCUT2D eigenvalue weighted by Gasteiger charge is -2.43. The van der Waals surface area contributed by atoms with Gasteiger partial charge in [0.15, 0.2) is 17.3 Å². The zero-order valence-electron chi connectivity index (χ0n) is 41.2. The molecule has 4 saturated heterocycles. The van der Waals surface area contributed by atoms with Crippen molar-refractivity contribution in [3.63, 3.8) is 0 Å². The molecule has 19 heteroatoms. The van der Waals surface area contributed by atoms with Crippen molar-refractivity contribution in [3.05, 3.63) is 58.9 Å². The van der Waals surface area contributed by atoms with Gasteiger partial charge in [0.2, 0.25) is 5.91 Å². The molecule has 5 atom stereocenters. The van der Waals surface area contributed by atoms with Crippen molar-refractivity contribution >= 4 is 40.5 Å². The van der Waals surface area contributed by atoms with Crippen LogP contribution in [-0.2, 0) is 16.0 Å². The number of aryl methyl sites for hydroxylation is 1. The van der Waals surface area contributed by atoms with E-state index in [0.717, 1.165) is 114 Å². The van der Waals surface area contributed by atoms with E-state index < -0.39 is 36.9 Å².